The lowest BCUT2D eigenvalue weighted by Gasteiger charge is -2.36. The van der Waals surface area contributed by atoms with Crippen molar-refractivity contribution in [1.29, 1.82) is 0 Å². The summed E-state index contributed by atoms with van der Waals surface area (Å²) in [4.78, 5) is 14.6. The number of nitrogens with one attached hydrogen (secondary N) is 1. The molecule has 0 radical (unpaired) electrons. The van der Waals surface area contributed by atoms with Gasteiger partial charge in [-0.15, -0.1) is 0 Å². The zero-order valence-electron chi connectivity index (χ0n) is 19.1. The van der Waals surface area contributed by atoms with Gasteiger partial charge in [-0.05, 0) is 81.4 Å². The molecule has 11 heteroatoms. The molecule has 1 N–H and O–H groups in total. The van der Waals surface area contributed by atoms with Crippen molar-refractivity contribution >= 4 is 50.7 Å². The number of piperidine rings is 1. The number of benzene rings is 2. The SMILES string of the molecule is CC(c1cc(Cl)cc(Cl)c1)N1CCC(COc2cc(F)c(C(=O)NS(=O)(=O)C3CC3)cc2Cl)CC1. The van der Waals surface area contributed by atoms with E-state index in [1.165, 1.54) is 0 Å². The zero-order valence-corrected chi connectivity index (χ0v) is 22.2. The largest absolute Gasteiger partial charge is 0.492 e. The minimum atomic E-state index is -3.79. The van der Waals surface area contributed by atoms with Gasteiger partial charge in [-0.1, -0.05) is 34.8 Å². The Morgan fingerprint density at radius 1 is 1.09 bits per heavy atom. The molecule has 2 aromatic carbocycles. The monoisotopic (exact) mass is 562 g/mol. The molecule has 1 unspecified atom stereocenters. The average Bonchev–Trinajstić information content (AvgIpc) is 3.64. The van der Waals surface area contributed by atoms with E-state index in [1.807, 2.05) is 16.9 Å². The Bertz CT molecular complexity index is 1200. The van der Waals surface area contributed by atoms with Crippen LogP contribution in [0.4, 0.5) is 4.39 Å². The number of halogens is 4. The first kappa shape index (κ1) is 26.5. The minimum absolute atomic E-state index is 0.0456. The molecule has 2 aromatic rings. The standard InChI is InChI=1S/C24H26Cl3FN2O4S/c1-14(16-8-17(25)10-18(26)9-16)30-6-4-15(5-7-30)13-34-23-12-22(28)20(11-21(23)27)24(31)29-35(32,33)19-2-3-19/h8-12,14-15,19H,2-7,13H2,1H3,(H,29,31). The second kappa shape index (κ2) is 10.8. The molecule has 0 spiro atoms. The van der Waals surface area contributed by atoms with Gasteiger partial charge in [0.25, 0.3) is 5.91 Å². The number of carbonyl (C=O) groups is 1. The van der Waals surface area contributed by atoms with E-state index in [4.69, 9.17) is 39.5 Å². The van der Waals surface area contributed by atoms with E-state index in [1.54, 1.807) is 6.07 Å². The first-order valence-corrected chi connectivity index (χ1v) is 14.1. The van der Waals surface area contributed by atoms with E-state index >= 15 is 0 Å². The summed E-state index contributed by atoms with van der Waals surface area (Å²) in [5.74, 6) is -1.55. The average molecular weight is 564 g/mol. The molecule has 190 valence electrons. The lowest BCUT2D eigenvalue weighted by molar-refractivity contribution is 0.0977. The van der Waals surface area contributed by atoms with Crippen molar-refractivity contribution in [2.24, 2.45) is 5.92 Å². The van der Waals surface area contributed by atoms with Gasteiger partial charge in [0, 0.05) is 22.2 Å². The number of ether oxygens (including phenoxy) is 1. The zero-order chi connectivity index (χ0) is 25.3. The molecule has 1 heterocycles. The van der Waals surface area contributed by atoms with Crippen molar-refractivity contribution in [3.05, 3.63) is 62.3 Å². The number of nitrogens with zero attached hydrogens (tertiary/aromatic N) is 1. The highest BCUT2D eigenvalue weighted by molar-refractivity contribution is 7.91. The molecule has 2 fully saturated rings. The number of hydrogen-bond donors (Lipinski definition) is 1. The highest BCUT2D eigenvalue weighted by atomic mass is 35.5. The van der Waals surface area contributed by atoms with Crippen LogP contribution < -0.4 is 9.46 Å². The van der Waals surface area contributed by atoms with Crippen LogP contribution in [0.2, 0.25) is 15.1 Å². The summed E-state index contributed by atoms with van der Waals surface area (Å²) in [5, 5.41) is 0.675. The third-order valence-electron chi connectivity index (χ3n) is 6.50. The van der Waals surface area contributed by atoms with Crippen molar-refractivity contribution in [1.82, 2.24) is 9.62 Å². The summed E-state index contributed by atoms with van der Waals surface area (Å²) in [6.07, 6.45) is 2.76. The summed E-state index contributed by atoms with van der Waals surface area (Å²) in [7, 11) is -3.79. The molecule has 0 bridgehead atoms. The quantitative estimate of drug-likeness (QED) is 0.435. The molecule has 6 nitrogen and oxygen atoms in total. The van der Waals surface area contributed by atoms with Crippen molar-refractivity contribution in [2.45, 2.75) is 43.9 Å². The third-order valence-corrected chi connectivity index (χ3v) is 9.05. The number of rotatable bonds is 8. The number of likely N-dealkylation sites (tertiary alicyclic amines) is 1. The molecule has 1 amide bonds. The van der Waals surface area contributed by atoms with Crippen LogP contribution in [-0.4, -0.2) is 44.2 Å². The minimum Gasteiger partial charge on any atom is -0.492 e. The molecule has 4 rings (SSSR count). The van der Waals surface area contributed by atoms with E-state index < -0.39 is 32.6 Å². The van der Waals surface area contributed by atoms with Crippen molar-refractivity contribution < 1.29 is 22.3 Å². The lowest BCUT2D eigenvalue weighted by Crippen LogP contribution is -2.37. The molecule has 1 aliphatic carbocycles. The number of carbonyl (C=O) groups excluding carboxylic acids is 1. The Hall–Kier alpha value is -1.58. The molecule has 0 aromatic heterocycles. The highest BCUT2D eigenvalue weighted by Gasteiger charge is 2.37. The van der Waals surface area contributed by atoms with Gasteiger partial charge in [-0.3, -0.25) is 9.69 Å². The number of hydrogen-bond acceptors (Lipinski definition) is 5. The molecular weight excluding hydrogens is 538 g/mol. The Balaban J connectivity index is 1.31. The van der Waals surface area contributed by atoms with Crippen LogP contribution in [-0.2, 0) is 10.0 Å². The smallest absolute Gasteiger partial charge is 0.267 e. The normalized spacial score (nSPS) is 18.3. The molecule has 1 saturated heterocycles. The number of sulfonamides is 1. The summed E-state index contributed by atoms with van der Waals surface area (Å²) in [5.41, 5.74) is 0.628. The fraction of sp³-hybridized carbons (Fsp3) is 0.458. The summed E-state index contributed by atoms with van der Waals surface area (Å²) >= 11 is 18.5. The first-order chi connectivity index (χ1) is 16.5. The van der Waals surface area contributed by atoms with Crippen molar-refractivity contribution in [3.8, 4) is 5.75 Å². The van der Waals surface area contributed by atoms with Gasteiger partial charge in [-0.2, -0.15) is 0 Å². The van der Waals surface area contributed by atoms with Crippen LogP contribution in [0, 0.1) is 11.7 Å². The van der Waals surface area contributed by atoms with Crippen LogP contribution in [0.5, 0.6) is 5.75 Å². The maximum absolute atomic E-state index is 14.6. The maximum atomic E-state index is 14.6. The molecule has 1 aliphatic heterocycles. The molecule has 1 atom stereocenters. The first-order valence-electron chi connectivity index (χ1n) is 11.4. The van der Waals surface area contributed by atoms with Gasteiger partial charge < -0.3 is 4.74 Å². The van der Waals surface area contributed by atoms with Crippen molar-refractivity contribution in [2.75, 3.05) is 19.7 Å². The predicted molar refractivity (Wildman–Crippen MR) is 135 cm³/mol. The van der Waals surface area contributed by atoms with Crippen molar-refractivity contribution in [3.63, 3.8) is 0 Å². The number of amides is 1. The summed E-state index contributed by atoms with van der Waals surface area (Å²) in [6, 6.07) is 7.86. The maximum Gasteiger partial charge on any atom is 0.267 e. The molecule has 35 heavy (non-hydrogen) atoms. The Morgan fingerprint density at radius 3 is 2.31 bits per heavy atom. The van der Waals surface area contributed by atoms with Gasteiger partial charge in [0.15, 0.2) is 0 Å². The predicted octanol–water partition coefficient (Wildman–Crippen LogP) is 5.86. The van der Waals surface area contributed by atoms with Crippen LogP contribution >= 0.6 is 34.8 Å². The highest BCUT2D eigenvalue weighted by Crippen LogP contribution is 2.33. The van der Waals surface area contributed by atoms with Gasteiger partial charge >= 0.3 is 0 Å². The van der Waals surface area contributed by atoms with Crippen LogP contribution in [0.25, 0.3) is 0 Å². The topological polar surface area (TPSA) is 75.7 Å². The Kier molecular flexibility index (Phi) is 8.18. The fourth-order valence-corrected chi connectivity index (χ4v) is 6.25. The fourth-order valence-electron chi connectivity index (χ4n) is 4.20. The molecule has 1 saturated carbocycles. The van der Waals surface area contributed by atoms with E-state index in [-0.39, 0.29) is 22.7 Å². The summed E-state index contributed by atoms with van der Waals surface area (Å²) < 4.78 is 46.2. The third kappa shape index (κ3) is 6.60. The van der Waals surface area contributed by atoms with Crippen LogP contribution in [0.15, 0.2) is 30.3 Å². The Morgan fingerprint density at radius 2 is 1.71 bits per heavy atom. The second-order valence-electron chi connectivity index (χ2n) is 9.11. The lowest BCUT2D eigenvalue weighted by atomic mass is 9.95. The van der Waals surface area contributed by atoms with Gasteiger partial charge in [0.1, 0.15) is 11.6 Å². The summed E-state index contributed by atoms with van der Waals surface area (Å²) in [6.45, 7) is 4.19. The molecule has 2 aliphatic rings. The van der Waals surface area contributed by atoms with E-state index in [0.29, 0.717) is 29.5 Å². The second-order valence-corrected chi connectivity index (χ2v) is 12.3. The Labute approximate surface area is 219 Å². The van der Waals surface area contributed by atoms with Crippen LogP contribution in [0.3, 0.4) is 0 Å². The van der Waals surface area contributed by atoms with Gasteiger partial charge in [0.2, 0.25) is 10.0 Å². The van der Waals surface area contributed by atoms with E-state index in [2.05, 4.69) is 11.8 Å². The van der Waals surface area contributed by atoms with Gasteiger partial charge in [-0.25, -0.2) is 17.5 Å². The van der Waals surface area contributed by atoms with E-state index in [9.17, 15) is 17.6 Å². The van der Waals surface area contributed by atoms with E-state index in [0.717, 1.165) is 43.6 Å². The van der Waals surface area contributed by atoms with Gasteiger partial charge in [0.05, 0.1) is 22.4 Å². The van der Waals surface area contributed by atoms with Crippen LogP contribution in [0.1, 0.15) is 54.6 Å². The molecular formula is C24H26Cl3FN2O4S.